The van der Waals surface area contributed by atoms with Gasteiger partial charge in [-0.2, -0.15) is 4.57 Å². The number of rotatable bonds is 2. The summed E-state index contributed by atoms with van der Waals surface area (Å²) in [7, 11) is 1.93. The highest BCUT2D eigenvalue weighted by molar-refractivity contribution is 7.27. The van der Waals surface area contributed by atoms with E-state index >= 15 is 0 Å². The highest BCUT2D eigenvalue weighted by atomic mass is 32.1. The summed E-state index contributed by atoms with van der Waals surface area (Å²) in [6.45, 7) is 9.56. The van der Waals surface area contributed by atoms with Crippen LogP contribution < -0.4 is 4.57 Å². The van der Waals surface area contributed by atoms with E-state index in [0.29, 0.717) is 11.3 Å². The van der Waals surface area contributed by atoms with Crippen LogP contribution in [0.4, 0.5) is 5.69 Å². The van der Waals surface area contributed by atoms with E-state index in [2.05, 4.69) is 42.1 Å². The van der Waals surface area contributed by atoms with Gasteiger partial charge in [-0.3, -0.25) is 0 Å². The molecule has 0 aliphatic carbocycles. The molecule has 2 heterocycles. The summed E-state index contributed by atoms with van der Waals surface area (Å²) in [5.41, 5.74) is 6.96. The first-order chi connectivity index (χ1) is 16.2. The summed E-state index contributed by atoms with van der Waals surface area (Å²) in [6, 6.07) is 22.0. The summed E-state index contributed by atoms with van der Waals surface area (Å²) in [4.78, 5) is 3.82. The number of fused-ring (bicyclic) bond motifs is 3. The normalized spacial score (nSPS) is 13.0. The lowest BCUT2D eigenvalue weighted by atomic mass is 9.98. The highest BCUT2D eigenvalue weighted by Crippen LogP contribution is 2.47. The molecule has 0 unspecified atom stereocenters. The molecule has 31 heavy (non-hydrogen) atoms. The van der Waals surface area contributed by atoms with Gasteiger partial charge in [0.15, 0.2) is 11.4 Å². The maximum absolute atomic E-state index is 7.87. The van der Waals surface area contributed by atoms with Crippen molar-refractivity contribution in [3.05, 3.63) is 95.0 Å². The Labute approximate surface area is 191 Å². The van der Waals surface area contributed by atoms with Crippen LogP contribution in [0.1, 0.15) is 20.9 Å². The molecule has 3 aromatic carbocycles. The second-order valence-corrected chi connectivity index (χ2v) is 8.85. The number of thiophene rings is 1. The number of hydrogen-bond donors (Lipinski definition) is 0. The Kier molecular flexibility index (Phi) is 3.84. The lowest BCUT2D eigenvalue weighted by Gasteiger charge is -2.09. The van der Waals surface area contributed by atoms with Gasteiger partial charge in [-0.15, -0.1) is 11.3 Å². The van der Waals surface area contributed by atoms with Gasteiger partial charge in [-0.1, -0.05) is 54.6 Å². The van der Waals surface area contributed by atoms with Crippen molar-refractivity contribution in [1.29, 1.82) is 0 Å². The Hall–Kier alpha value is -3.48. The molecule has 0 bridgehead atoms. The first-order valence-corrected chi connectivity index (χ1v) is 11.0. The van der Waals surface area contributed by atoms with Gasteiger partial charge < -0.3 is 0 Å². The molecule has 2 aromatic heterocycles. The van der Waals surface area contributed by atoms with Crippen LogP contribution in [-0.4, -0.2) is 0 Å². The molecule has 0 radical (unpaired) electrons. The molecule has 3 heteroatoms. The van der Waals surface area contributed by atoms with Crippen LogP contribution in [0.25, 0.3) is 47.4 Å². The fourth-order valence-corrected chi connectivity index (χ4v) is 5.77. The van der Waals surface area contributed by atoms with Gasteiger partial charge in [0.2, 0.25) is 5.69 Å². The molecule has 0 atom stereocenters. The van der Waals surface area contributed by atoms with Crippen LogP contribution in [0.15, 0.2) is 66.7 Å². The van der Waals surface area contributed by atoms with Crippen molar-refractivity contribution in [3.63, 3.8) is 0 Å². The largest absolute Gasteiger partial charge is 0.237 e. The van der Waals surface area contributed by atoms with Crippen molar-refractivity contribution in [3.8, 4) is 22.4 Å². The molecule has 0 aliphatic rings. The number of nitrogens with zero attached hydrogens (tertiary/aromatic N) is 2. The topological polar surface area (TPSA) is 8.24 Å². The SMILES string of the molecule is [2H]C([2H])([2H])c1ccc(-c2c(C)ccc3c2sc2c(-c4ccccc4)c([N+]#[C-])ccc23)[n+](C)c1C. The van der Waals surface area contributed by atoms with Crippen LogP contribution >= 0.6 is 11.3 Å². The standard InChI is InChI=1S/C28H23N2S/c1-17-12-16-24(30(5)19(17)3)25-18(2)11-13-21-22-14-15-23(29-4)26(28(22)31-27(21)25)20-9-7-6-8-10-20/h6-16H,1-3,5H3/q+1/i1D3. The van der Waals surface area contributed by atoms with Crippen molar-refractivity contribution in [2.24, 2.45) is 7.05 Å². The van der Waals surface area contributed by atoms with E-state index in [0.717, 1.165) is 53.8 Å². The third-order valence-electron chi connectivity index (χ3n) is 6.10. The molecule has 0 saturated heterocycles. The molecule has 2 nitrogen and oxygen atoms in total. The fraction of sp³-hybridized carbons (Fsp3) is 0.143. The predicted molar refractivity (Wildman–Crippen MR) is 132 cm³/mol. The van der Waals surface area contributed by atoms with Crippen molar-refractivity contribution in [1.82, 2.24) is 0 Å². The first-order valence-electron chi connectivity index (χ1n) is 11.6. The summed E-state index contributed by atoms with van der Waals surface area (Å²) in [5.74, 6) is 0. The Morgan fingerprint density at radius 2 is 1.52 bits per heavy atom. The quantitative estimate of drug-likeness (QED) is 0.204. The highest BCUT2D eigenvalue weighted by Gasteiger charge is 2.22. The second kappa shape index (κ2) is 7.34. The zero-order chi connectivity index (χ0) is 24.2. The monoisotopic (exact) mass is 422 g/mol. The van der Waals surface area contributed by atoms with Crippen LogP contribution in [0.5, 0.6) is 0 Å². The van der Waals surface area contributed by atoms with Crippen molar-refractivity contribution in [2.45, 2.75) is 20.7 Å². The van der Waals surface area contributed by atoms with Gasteiger partial charge in [-0.05, 0) is 36.4 Å². The Morgan fingerprint density at radius 1 is 0.839 bits per heavy atom. The maximum atomic E-state index is 7.87. The number of benzene rings is 3. The van der Waals surface area contributed by atoms with Gasteiger partial charge in [0, 0.05) is 43.0 Å². The summed E-state index contributed by atoms with van der Waals surface area (Å²) in [6.07, 6.45) is 0. The summed E-state index contributed by atoms with van der Waals surface area (Å²) < 4.78 is 27.8. The van der Waals surface area contributed by atoms with Gasteiger partial charge in [-0.25, -0.2) is 4.85 Å². The molecular weight excluding hydrogens is 396 g/mol. The number of hydrogen-bond acceptors (Lipinski definition) is 1. The van der Waals surface area contributed by atoms with Crippen molar-refractivity contribution >= 4 is 37.2 Å². The number of aryl methyl sites for hydroxylation is 2. The van der Waals surface area contributed by atoms with E-state index in [1.807, 2.05) is 48.9 Å². The lowest BCUT2D eigenvalue weighted by molar-refractivity contribution is -0.667. The van der Waals surface area contributed by atoms with Gasteiger partial charge in [0.25, 0.3) is 0 Å². The maximum Gasteiger partial charge on any atom is 0.214 e. The fourth-order valence-electron chi connectivity index (χ4n) is 4.29. The predicted octanol–water partition coefficient (Wildman–Crippen LogP) is 7.69. The second-order valence-electron chi connectivity index (χ2n) is 7.83. The van der Waals surface area contributed by atoms with Crippen molar-refractivity contribution < 1.29 is 8.68 Å². The van der Waals surface area contributed by atoms with Crippen molar-refractivity contribution in [2.75, 3.05) is 0 Å². The molecular formula is C28H23N2S+. The van der Waals surface area contributed by atoms with E-state index < -0.39 is 6.85 Å². The Bertz CT molecular complexity index is 1620. The minimum atomic E-state index is -2.15. The average Bonchev–Trinajstić information content (AvgIpc) is 3.18. The molecule has 150 valence electrons. The molecule has 0 aliphatic heterocycles. The first kappa shape index (κ1) is 16.2. The third kappa shape index (κ3) is 2.95. The lowest BCUT2D eigenvalue weighted by Crippen LogP contribution is -2.35. The molecule has 0 amide bonds. The zero-order valence-corrected chi connectivity index (χ0v) is 18.5. The molecule has 0 fully saturated rings. The van der Waals surface area contributed by atoms with E-state index in [9.17, 15) is 0 Å². The Morgan fingerprint density at radius 3 is 2.23 bits per heavy atom. The minimum Gasteiger partial charge on any atom is -0.237 e. The summed E-state index contributed by atoms with van der Waals surface area (Å²) >= 11 is 1.70. The zero-order valence-electron chi connectivity index (χ0n) is 20.7. The smallest absolute Gasteiger partial charge is 0.214 e. The summed E-state index contributed by atoms with van der Waals surface area (Å²) in [5, 5.41) is 2.28. The van der Waals surface area contributed by atoms with E-state index in [4.69, 9.17) is 10.7 Å². The van der Waals surface area contributed by atoms with Gasteiger partial charge in [0.05, 0.1) is 12.1 Å². The van der Waals surface area contributed by atoms with Gasteiger partial charge >= 0.3 is 0 Å². The molecule has 5 aromatic rings. The molecule has 5 rings (SSSR count). The molecule has 0 saturated carbocycles. The Balaban J connectivity index is 1.87. The van der Waals surface area contributed by atoms with E-state index in [-0.39, 0.29) is 0 Å². The van der Waals surface area contributed by atoms with E-state index in [1.165, 1.54) is 0 Å². The van der Waals surface area contributed by atoms with Crippen LogP contribution in [0.2, 0.25) is 0 Å². The van der Waals surface area contributed by atoms with Gasteiger partial charge in [0.1, 0.15) is 7.05 Å². The van der Waals surface area contributed by atoms with Crippen LogP contribution in [-0.2, 0) is 7.05 Å². The number of pyridine rings is 1. The molecule has 0 N–H and O–H groups in total. The molecule has 0 spiro atoms. The average molecular weight is 423 g/mol. The van der Waals surface area contributed by atoms with Crippen LogP contribution in [0.3, 0.4) is 0 Å². The van der Waals surface area contributed by atoms with E-state index in [1.54, 1.807) is 17.4 Å². The van der Waals surface area contributed by atoms with Crippen LogP contribution in [0, 0.1) is 27.3 Å². The third-order valence-corrected chi connectivity index (χ3v) is 7.35. The minimum absolute atomic E-state index is 0.369. The number of aromatic nitrogens is 1.